The summed E-state index contributed by atoms with van der Waals surface area (Å²) in [5.74, 6) is 0.0246. The Morgan fingerprint density at radius 1 is 1.03 bits per heavy atom. The maximum absolute atomic E-state index is 13.2. The lowest BCUT2D eigenvalue weighted by Gasteiger charge is -2.41. The van der Waals surface area contributed by atoms with Crippen LogP contribution in [0.4, 0.5) is 16.2 Å². The Hall–Kier alpha value is -2.91. The molecule has 0 bridgehead atoms. The molecule has 194 valence electrons. The van der Waals surface area contributed by atoms with E-state index in [-0.39, 0.29) is 34.6 Å². The molecule has 0 saturated carbocycles. The molecule has 1 unspecified atom stereocenters. The van der Waals surface area contributed by atoms with Crippen molar-refractivity contribution < 1.29 is 27.5 Å². The van der Waals surface area contributed by atoms with Gasteiger partial charge in [0.05, 0.1) is 41.3 Å². The predicted octanol–water partition coefficient (Wildman–Crippen LogP) is 4.66. The molecule has 4 rings (SSSR count). The highest BCUT2D eigenvalue weighted by atomic mass is 32.2. The van der Waals surface area contributed by atoms with Crippen LogP contribution in [-0.2, 0) is 24.1 Å². The van der Waals surface area contributed by atoms with E-state index in [4.69, 9.17) is 9.47 Å². The van der Waals surface area contributed by atoms with E-state index in [0.29, 0.717) is 44.0 Å². The third kappa shape index (κ3) is 5.57. The molecule has 9 heteroatoms. The number of sulfone groups is 1. The monoisotopic (exact) mass is 514 g/mol. The van der Waals surface area contributed by atoms with Gasteiger partial charge in [-0.05, 0) is 48.2 Å². The normalized spacial score (nSPS) is 18.8. The Morgan fingerprint density at radius 3 is 2.28 bits per heavy atom. The fourth-order valence-electron chi connectivity index (χ4n) is 4.85. The van der Waals surface area contributed by atoms with Gasteiger partial charge in [-0.3, -0.25) is 9.69 Å². The summed E-state index contributed by atoms with van der Waals surface area (Å²) in [6.45, 7) is 8.62. The van der Waals surface area contributed by atoms with Gasteiger partial charge >= 0.3 is 6.09 Å². The number of hydrogen-bond donors (Lipinski definition) is 0. The second-order valence-corrected chi connectivity index (χ2v) is 12.0. The third-order valence-electron chi connectivity index (χ3n) is 6.51. The minimum Gasteiger partial charge on any atom is -0.446 e. The lowest BCUT2D eigenvalue weighted by atomic mass is 10.0. The highest BCUT2D eigenvalue weighted by Gasteiger charge is 2.35. The van der Waals surface area contributed by atoms with Gasteiger partial charge in [0.1, 0.15) is 6.10 Å². The second-order valence-electron chi connectivity index (χ2n) is 9.95. The van der Waals surface area contributed by atoms with Gasteiger partial charge in [-0.15, -0.1) is 0 Å². The lowest BCUT2D eigenvalue weighted by molar-refractivity contribution is -0.117. The molecular formula is C27H34N2O6S. The number of hydrogen-bond acceptors (Lipinski definition) is 6. The summed E-state index contributed by atoms with van der Waals surface area (Å²) in [6.07, 6.45) is 0.686. The average molecular weight is 515 g/mol. The number of amides is 2. The van der Waals surface area contributed by atoms with E-state index in [2.05, 4.69) is 0 Å². The van der Waals surface area contributed by atoms with Crippen LogP contribution in [0.5, 0.6) is 0 Å². The van der Waals surface area contributed by atoms with E-state index in [9.17, 15) is 18.0 Å². The number of anilines is 2. The summed E-state index contributed by atoms with van der Waals surface area (Å²) in [6, 6.07) is 12.1. The molecule has 0 aromatic heterocycles. The minimum atomic E-state index is -3.35. The molecule has 0 spiro atoms. The molecule has 1 fully saturated rings. The van der Waals surface area contributed by atoms with Gasteiger partial charge in [0.2, 0.25) is 5.91 Å². The predicted molar refractivity (Wildman–Crippen MR) is 139 cm³/mol. The summed E-state index contributed by atoms with van der Waals surface area (Å²) in [7, 11) is -3.35. The van der Waals surface area contributed by atoms with E-state index in [1.54, 1.807) is 34.1 Å². The van der Waals surface area contributed by atoms with Crippen molar-refractivity contribution in [2.45, 2.75) is 57.6 Å². The van der Waals surface area contributed by atoms with Gasteiger partial charge in [-0.1, -0.05) is 32.0 Å². The summed E-state index contributed by atoms with van der Waals surface area (Å²) < 4.78 is 36.3. The summed E-state index contributed by atoms with van der Waals surface area (Å²) in [5.41, 5.74) is 2.86. The first-order valence-electron chi connectivity index (χ1n) is 12.4. The van der Waals surface area contributed by atoms with Crippen molar-refractivity contribution in [1.82, 2.24) is 0 Å². The molecule has 2 heterocycles. The van der Waals surface area contributed by atoms with Crippen molar-refractivity contribution >= 4 is 33.2 Å². The van der Waals surface area contributed by atoms with Gasteiger partial charge in [-0.25, -0.2) is 13.2 Å². The molecule has 2 aromatic carbocycles. The number of fused-ring (bicyclic) bond motifs is 1. The van der Waals surface area contributed by atoms with E-state index < -0.39 is 15.9 Å². The topological polar surface area (TPSA) is 93.2 Å². The molecule has 1 atom stereocenters. The average Bonchev–Trinajstić information content (AvgIpc) is 2.83. The molecule has 2 aromatic rings. The van der Waals surface area contributed by atoms with Crippen LogP contribution in [-0.4, -0.2) is 58.1 Å². The minimum absolute atomic E-state index is 0.0359. The molecule has 1 saturated heterocycles. The lowest BCUT2D eigenvalue weighted by Crippen LogP contribution is -2.52. The standard InChI is InChI=1S/C27H34N2O6S/c1-18(2)17-36(32,33)24-8-5-21(6-9-24)22-7-10-25-26(15-22)28(16-19(3)29(25)20(4)30)27(31)35-23-11-13-34-14-12-23/h5-10,15,18-19,23H,11-14,16-17H2,1-4H3. The molecule has 2 amide bonds. The number of ether oxygens (including phenoxy) is 2. The van der Waals surface area contributed by atoms with Gasteiger partial charge in [-0.2, -0.15) is 0 Å². The van der Waals surface area contributed by atoms with Crippen LogP contribution >= 0.6 is 0 Å². The number of carbonyl (C=O) groups is 2. The highest BCUT2D eigenvalue weighted by molar-refractivity contribution is 7.91. The second kappa shape index (κ2) is 10.6. The number of benzene rings is 2. The van der Waals surface area contributed by atoms with E-state index in [0.717, 1.165) is 11.1 Å². The van der Waals surface area contributed by atoms with E-state index in [1.807, 2.05) is 39.0 Å². The van der Waals surface area contributed by atoms with Crippen molar-refractivity contribution in [2.75, 3.05) is 35.3 Å². The summed E-state index contributed by atoms with van der Waals surface area (Å²) in [4.78, 5) is 29.3. The van der Waals surface area contributed by atoms with Crippen LogP contribution < -0.4 is 9.80 Å². The van der Waals surface area contributed by atoms with Crippen molar-refractivity contribution in [3.8, 4) is 11.1 Å². The first-order chi connectivity index (χ1) is 17.1. The maximum Gasteiger partial charge on any atom is 0.414 e. The van der Waals surface area contributed by atoms with Crippen LogP contribution in [0.25, 0.3) is 11.1 Å². The summed E-state index contributed by atoms with van der Waals surface area (Å²) in [5, 5.41) is 0. The van der Waals surface area contributed by atoms with Crippen LogP contribution in [0.3, 0.4) is 0 Å². The van der Waals surface area contributed by atoms with Crippen LogP contribution in [0.2, 0.25) is 0 Å². The van der Waals surface area contributed by atoms with E-state index in [1.165, 1.54) is 6.92 Å². The Balaban J connectivity index is 1.67. The quantitative estimate of drug-likeness (QED) is 0.576. The van der Waals surface area contributed by atoms with Gasteiger partial charge in [0, 0.05) is 26.3 Å². The zero-order valence-electron chi connectivity index (χ0n) is 21.3. The Morgan fingerprint density at radius 2 is 1.67 bits per heavy atom. The molecule has 0 radical (unpaired) electrons. The first kappa shape index (κ1) is 26.2. The molecule has 0 N–H and O–H groups in total. The van der Waals surface area contributed by atoms with Crippen molar-refractivity contribution in [3.63, 3.8) is 0 Å². The number of carbonyl (C=O) groups excluding carboxylic acids is 2. The van der Waals surface area contributed by atoms with Gasteiger partial charge in [0.15, 0.2) is 9.84 Å². The largest absolute Gasteiger partial charge is 0.446 e. The fourth-order valence-corrected chi connectivity index (χ4v) is 6.47. The van der Waals surface area contributed by atoms with Crippen molar-refractivity contribution in [2.24, 2.45) is 5.92 Å². The molecular weight excluding hydrogens is 480 g/mol. The van der Waals surface area contributed by atoms with E-state index >= 15 is 0 Å². The number of rotatable bonds is 5. The van der Waals surface area contributed by atoms with Crippen molar-refractivity contribution in [1.29, 1.82) is 0 Å². The van der Waals surface area contributed by atoms with Crippen LogP contribution in [0, 0.1) is 5.92 Å². The Labute approximate surface area is 213 Å². The SMILES string of the molecule is CC(=O)N1c2ccc(-c3ccc(S(=O)(=O)CC(C)C)cc3)cc2N(C(=O)OC2CCOCC2)CC1C. The molecule has 2 aliphatic rings. The van der Waals surface area contributed by atoms with Crippen LogP contribution in [0.1, 0.15) is 40.5 Å². The summed E-state index contributed by atoms with van der Waals surface area (Å²) >= 11 is 0. The zero-order valence-corrected chi connectivity index (χ0v) is 22.1. The molecule has 0 aliphatic carbocycles. The van der Waals surface area contributed by atoms with Gasteiger partial charge in [0.25, 0.3) is 0 Å². The zero-order chi connectivity index (χ0) is 26.0. The smallest absolute Gasteiger partial charge is 0.414 e. The molecule has 8 nitrogen and oxygen atoms in total. The third-order valence-corrected chi connectivity index (χ3v) is 8.60. The van der Waals surface area contributed by atoms with Crippen molar-refractivity contribution in [3.05, 3.63) is 42.5 Å². The molecule has 36 heavy (non-hydrogen) atoms. The Bertz CT molecular complexity index is 1220. The van der Waals surface area contributed by atoms with Gasteiger partial charge < -0.3 is 14.4 Å². The Kier molecular flexibility index (Phi) is 7.70. The first-order valence-corrected chi connectivity index (χ1v) is 14.0. The highest BCUT2D eigenvalue weighted by Crippen LogP contribution is 2.39. The molecule has 2 aliphatic heterocycles. The fraction of sp³-hybridized carbons (Fsp3) is 0.481. The van der Waals surface area contributed by atoms with Crippen LogP contribution in [0.15, 0.2) is 47.4 Å². The maximum atomic E-state index is 13.2. The number of nitrogens with zero attached hydrogens (tertiary/aromatic N) is 2.